The lowest BCUT2D eigenvalue weighted by atomic mass is 10.3. The number of ether oxygens (including phenoxy) is 1. The van der Waals surface area contributed by atoms with Crippen LogP contribution in [0.5, 0.6) is 0 Å². The van der Waals surface area contributed by atoms with Crippen molar-refractivity contribution in [1.29, 1.82) is 0 Å². The molecule has 1 fully saturated rings. The third-order valence-corrected chi connectivity index (χ3v) is 8.38. The van der Waals surface area contributed by atoms with Gasteiger partial charge in [0, 0.05) is 14.1 Å². The quantitative estimate of drug-likeness (QED) is 0.452. The second-order valence-corrected chi connectivity index (χ2v) is 10.6. The fraction of sp³-hybridized carbons (Fsp3) is 0.278. The number of rotatable bonds is 7. The molecule has 0 bridgehead atoms. The summed E-state index contributed by atoms with van der Waals surface area (Å²) in [5, 5.41) is -0.801. The van der Waals surface area contributed by atoms with Gasteiger partial charge in [-0.3, -0.25) is 9.52 Å². The number of sulfonamides is 1. The van der Waals surface area contributed by atoms with Gasteiger partial charge in [-0.25, -0.2) is 8.42 Å². The summed E-state index contributed by atoms with van der Waals surface area (Å²) < 4.78 is 33.1. The van der Waals surface area contributed by atoms with Gasteiger partial charge < -0.3 is 4.74 Å². The Kier molecular flexibility index (Phi) is 6.10. The van der Waals surface area contributed by atoms with Crippen molar-refractivity contribution in [2.45, 2.75) is 32.8 Å². The second-order valence-electron chi connectivity index (χ2n) is 6.11. The maximum Gasteiger partial charge on any atom is 0.325 e. The number of benzene rings is 2. The summed E-state index contributed by atoms with van der Waals surface area (Å²) in [5.41, 5.74) is 0.437. The molecule has 0 saturated heterocycles. The van der Waals surface area contributed by atoms with E-state index in [1.807, 2.05) is 6.07 Å². The Hall–Kier alpha value is -1.22. The lowest BCUT2D eigenvalue weighted by Crippen LogP contribution is -2.29. The van der Waals surface area contributed by atoms with Gasteiger partial charge >= 0.3 is 5.97 Å². The van der Waals surface area contributed by atoms with E-state index in [0.29, 0.717) is 10.6 Å². The predicted molar refractivity (Wildman–Crippen MR) is 111 cm³/mol. The van der Waals surface area contributed by atoms with Gasteiger partial charge in [-0.1, -0.05) is 34.1 Å². The zero-order valence-electron chi connectivity index (χ0n) is 14.3. The van der Waals surface area contributed by atoms with Crippen LogP contribution in [0.3, 0.4) is 0 Å². The molecular formula is C18H17BrClNO4S2. The fourth-order valence-corrected chi connectivity index (χ4v) is 6.01. The lowest BCUT2D eigenvalue weighted by Gasteiger charge is -2.21. The number of nitrogens with one attached hydrogen (secondary N) is 1. The van der Waals surface area contributed by atoms with Crippen molar-refractivity contribution in [3.05, 3.63) is 53.0 Å². The van der Waals surface area contributed by atoms with Crippen molar-refractivity contribution in [2.24, 2.45) is 0 Å². The van der Waals surface area contributed by atoms with Crippen LogP contribution in [0.1, 0.15) is 12.8 Å². The van der Waals surface area contributed by atoms with Gasteiger partial charge in [0.25, 0.3) is 10.0 Å². The van der Waals surface area contributed by atoms with Crippen LogP contribution in [0.25, 0.3) is 0 Å². The molecule has 0 heterocycles. The average Bonchev–Trinajstić information content (AvgIpc) is 3.44. The fourth-order valence-electron chi connectivity index (χ4n) is 2.54. The standard InChI is InChI=1S/C18H17BrClNO4S2/c1-25-17(22)16(20)18(9-10-18)26-15-11-12(19)7-8-14(15)21-27(23,24)13-5-3-2-4-6-13/h2-8,11,16,21H,9-10H2,1H3. The Balaban J connectivity index is 1.90. The molecule has 5 nitrogen and oxygen atoms in total. The third-order valence-electron chi connectivity index (χ3n) is 4.17. The minimum absolute atomic E-state index is 0.176. The van der Waals surface area contributed by atoms with E-state index in [9.17, 15) is 13.2 Å². The first kappa shape index (κ1) is 20.5. The normalized spacial score (nSPS) is 16.4. The van der Waals surface area contributed by atoms with E-state index in [2.05, 4.69) is 20.7 Å². The number of halogens is 2. The van der Waals surface area contributed by atoms with E-state index in [-0.39, 0.29) is 4.90 Å². The van der Waals surface area contributed by atoms with Crippen LogP contribution in [0, 0.1) is 0 Å². The van der Waals surface area contributed by atoms with Gasteiger partial charge in [-0.05, 0) is 43.2 Å². The number of hydrogen-bond acceptors (Lipinski definition) is 5. The van der Waals surface area contributed by atoms with Crippen LogP contribution in [0.15, 0.2) is 62.8 Å². The summed E-state index contributed by atoms with van der Waals surface area (Å²) in [6, 6.07) is 13.4. The smallest absolute Gasteiger partial charge is 0.325 e. The summed E-state index contributed by atoms with van der Waals surface area (Å²) in [6.45, 7) is 0. The lowest BCUT2D eigenvalue weighted by molar-refractivity contribution is -0.140. The third kappa shape index (κ3) is 4.62. The second kappa shape index (κ2) is 8.03. The SMILES string of the molecule is COC(=O)C(Cl)C1(Sc2cc(Br)ccc2NS(=O)(=O)c2ccccc2)CC1. The summed E-state index contributed by atoms with van der Waals surface area (Å²) >= 11 is 11.1. The molecule has 0 aromatic heterocycles. The van der Waals surface area contributed by atoms with Gasteiger partial charge in [0.2, 0.25) is 0 Å². The highest BCUT2D eigenvalue weighted by atomic mass is 79.9. The molecule has 0 amide bonds. The van der Waals surface area contributed by atoms with Crippen molar-refractivity contribution in [1.82, 2.24) is 0 Å². The first-order chi connectivity index (χ1) is 12.8. The molecule has 2 aromatic carbocycles. The van der Waals surface area contributed by atoms with Crippen molar-refractivity contribution in [3.63, 3.8) is 0 Å². The molecular weight excluding hydrogens is 474 g/mol. The topological polar surface area (TPSA) is 72.5 Å². The van der Waals surface area contributed by atoms with E-state index < -0.39 is 26.1 Å². The van der Waals surface area contributed by atoms with Crippen molar-refractivity contribution in [2.75, 3.05) is 11.8 Å². The van der Waals surface area contributed by atoms with Crippen molar-refractivity contribution in [3.8, 4) is 0 Å². The zero-order chi connectivity index (χ0) is 19.7. The van der Waals surface area contributed by atoms with E-state index in [1.54, 1.807) is 30.3 Å². The molecule has 144 valence electrons. The first-order valence-electron chi connectivity index (χ1n) is 8.06. The number of esters is 1. The number of hydrogen-bond donors (Lipinski definition) is 1. The van der Waals surface area contributed by atoms with Crippen LogP contribution in [-0.2, 0) is 19.6 Å². The molecule has 0 aliphatic heterocycles. The molecule has 1 saturated carbocycles. The van der Waals surface area contributed by atoms with Gasteiger partial charge in [0.05, 0.1) is 17.7 Å². The summed E-state index contributed by atoms with van der Waals surface area (Å²) in [7, 11) is -2.43. The number of methoxy groups -OCH3 is 1. The van der Waals surface area contributed by atoms with Crippen molar-refractivity contribution >= 4 is 61.0 Å². The minimum atomic E-state index is -3.73. The van der Waals surface area contributed by atoms with E-state index in [4.69, 9.17) is 16.3 Å². The number of thioether (sulfide) groups is 1. The Morgan fingerprint density at radius 2 is 1.93 bits per heavy atom. The molecule has 1 unspecified atom stereocenters. The Bertz CT molecular complexity index is 949. The monoisotopic (exact) mass is 489 g/mol. The van der Waals surface area contributed by atoms with Crippen molar-refractivity contribution < 1.29 is 17.9 Å². The molecule has 1 aliphatic carbocycles. The van der Waals surface area contributed by atoms with Crippen LogP contribution < -0.4 is 4.72 Å². The summed E-state index contributed by atoms with van der Waals surface area (Å²) in [5.74, 6) is -0.483. The molecule has 1 aliphatic rings. The van der Waals surface area contributed by atoms with Crippen LogP contribution in [-0.4, -0.2) is 31.6 Å². The summed E-state index contributed by atoms with van der Waals surface area (Å²) in [4.78, 5) is 12.7. The Morgan fingerprint density at radius 3 is 2.52 bits per heavy atom. The molecule has 2 aromatic rings. The Morgan fingerprint density at radius 1 is 1.26 bits per heavy atom. The van der Waals surface area contributed by atoms with Gasteiger partial charge in [0.15, 0.2) is 0 Å². The molecule has 0 spiro atoms. The first-order valence-corrected chi connectivity index (χ1v) is 11.6. The highest BCUT2D eigenvalue weighted by Gasteiger charge is 2.53. The van der Waals surface area contributed by atoms with E-state index in [0.717, 1.165) is 17.3 Å². The minimum Gasteiger partial charge on any atom is -0.468 e. The molecule has 9 heteroatoms. The molecule has 27 heavy (non-hydrogen) atoms. The highest BCUT2D eigenvalue weighted by molar-refractivity contribution is 9.10. The molecule has 0 radical (unpaired) electrons. The van der Waals surface area contributed by atoms with Crippen LogP contribution in [0.2, 0.25) is 0 Å². The average molecular weight is 491 g/mol. The van der Waals surface area contributed by atoms with E-state index in [1.165, 1.54) is 31.0 Å². The number of alkyl halides is 1. The molecule has 1 N–H and O–H groups in total. The maximum atomic E-state index is 12.7. The maximum absolute atomic E-state index is 12.7. The van der Waals surface area contributed by atoms with Crippen LogP contribution in [0.4, 0.5) is 5.69 Å². The summed E-state index contributed by atoms with van der Waals surface area (Å²) in [6.07, 6.45) is 1.50. The number of carbonyl (C=O) groups is 1. The predicted octanol–water partition coefficient (Wildman–Crippen LogP) is 4.66. The Labute approximate surface area is 176 Å². The van der Waals surface area contributed by atoms with Gasteiger partial charge in [-0.15, -0.1) is 23.4 Å². The number of carbonyl (C=O) groups excluding carboxylic acids is 1. The zero-order valence-corrected chi connectivity index (χ0v) is 18.3. The van der Waals surface area contributed by atoms with Gasteiger partial charge in [0.1, 0.15) is 5.38 Å². The molecule has 1 atom stereocenters. The number of anilines is 1. The van der Waals surface area contributed by atoms with Gasteiger partial charge in [-0.2, -0.15) is 0 Å². The largest absolute Gasteiger partial charge is 0.468 e. The van der Waals surface area contributed by atoms with Crippen LogP contribution >= 0.6 is 39.3 Å². The van der Waals surface area contributed by atoms with E-state index >= 15 is 0 Å². The molecule has 3 rings (SSSR count). The highest BCUT2D eigenvalue weighted by Crippen LogP contribution is 2.57.